The minimum absolute atomic E-state index is 0. The van der Waals surface area contributed by atoms with Crippen LogP contribution in [-0.4, -0.2) is 73.2 Å². The van der Waals surface area contributed by atoms with Gasteiger partial charge in [-0.2, -0.15) is 11.8 Å². The lowest BCUT2D eigenvalue weighted by Crippen LogP contribution is -2.46. The Morgan fingerprint density at radius 2 is 2.08 bits per heavy atom. The summed E-state index contributed by atoms with van der Waals surface area (Å²) in [5, 5.41) is 6.85. The molecule has 1 amide bonds. The highest BCUT2D eigenvalue weighted by atomic mass is 127. The van der Waals surface area contributed by atoms with E-state index in [-0.39, 0.29) is 34.6 Å². The van der Waals surface area contributed by atoms with Crippen molar-refractivity contribution in [1.82, 2.24) is 15.5 Å². The number of carbonyl (C=O) groups is 1. The molecule has 146 valence electrons. The molecule has 0 aliphatic carbocycles. The Hall–Kier alpha value is -0.220. The molecule has 1 unspecified atom stereocenters. The van der Waals surface area contributed by atoms with Crippen molar-refractivity contribution >= 4 is 47.6 Å². The Labute approximate surface area is 173 Å². The number of hydrogen-bond donors (Lipinski definition) is 2. The number of aliphatic imine (C=N–C) groups is 1. The van der Waals surface area contributed by atoms with Gasteiger partial charge in [-0.15, -0.1) is 24.0 Å². The van der Waals surface area contributed by atoms with E-state index in [0.717, 1.165) is 64.6 Å². The number of rotatable bonds is 6. The highest BCUT2D eigenvalue weighted by molar-refractivity contribution is 14.0. The number of thioether (sulfide) groups is 1. The topological polar surface area (TPSA) is 66.0 Å². The van der Waals surface area contributed by atoms with Crippen molar-refractivity contribution in [3.63, 3.8) is 0 Å². The van der Waals surface area contributed by atoms with E-state index in [1.54, 1.807) is 0 Å². The quantitative estimate of drug-likeness (QED) is 0.344. The van der Waals surface area contributed by atoms with Crippen LogP contribution >= 0.6 is 35.7 Å². The van der Waals surface area contributed by atoms with Gasteiger partial charge >= 0.3 is 0 Å². The third-order valence-corrected chi connectivity index (χ3v) is 6.29. The summed E-state index contributed by atoms with van der Waals surface area (Å²) in [4.78, 5) is 18.6. The SMILES string of the molecule is CCNC(=NCC1(SC)CCOCC1)NC1CCN(C(=O)CC)C1.I. The van der Waals surface area contributed by atoms with Crippen LogP contribution in [0.4, 0.5) is 0 Å². The lowest BCUT2D eigenvalue weighted by atomic mass is 9.99. The van der Waals surface area contributed by atoms with Crippen LogP contribution in [0.15, 0.2) is 4.99 Å². The zero-order valence-electron chi connectivity index (χ0n) is 15.7. The van der Waals surface area contributed by atoms with Crippen LogP contribution in [-0.2, 0) is 9.53 Å². The molecule has 8 heteroatoms. The monoisotopic (exact) mass is 484 g/mol. The van der Waals surface area contributed by atoms with Crippen LogP contribution in [0.5, 0.6) is 0 Å². The third-order valence-electron chi connectivity index (χ3n) is 4.89. The van der Waals surface area contributed by atoms with Gasteiger partial charge in [-0.25, -0.2) is 0 Å². The van der Waals surface area contributed by atoms with Gasteiger partial charge in [0, 0.05) is 50.1 Å². The van der Waals surface area contributed by atoms with Crippen LogP contribution in [0.25, 0.3) is 0 Å². The fourth-order valence-corrected chi connectivity index (χ4v) is 4.00. The van der Waals surface area contributed by atoms with Crippen molar-refractivity contribution in [2.24, 2.45) is 4.99 Å². The maximum atomic E-state index is 11.8. The largest absolute Gasteiger partial charge is 0.381 e. The normalized spacial score (nSPS) is 23.1. The van der Waals surface area contributed by atoms with Gasteiger partial charge in [-0.1, -0.05) is 6.92 Å². The minimum Gasteiger partial charge on any atom is -0.381 e. The Morgan fingerprint density at radius 3 is 2.68 bits per heavy atom. The van der Waals surface area contributed by atoms with Crippen molar-refractivity contribution in [2.75, 3.05) is 45.6 Å². The summed E-state index contributed by atoms with van der Waals surface area (Å²) >= 11 is 1.91. The summed E-state index contributed by atoms with van der Waals surface area (Å²) < 4.78 is 5.70. The fraction of sp³-hybridized carbons (Fsp3) is 0.882. The van der Waals surface area contributed by atoms with Crippen LogP contribution in [0.1, 0.15) is 39.5 Å². The summed E-state index contributed by atoms with van der Waals surface area (Å²) in [7, 11) is 0. The lowest BCUT2D eigenvalue weighted by molar-refractivity contribution is -0.129. The molecule has 2 aliphatic rings. The molecule has 2 saturated heterocycles. The van der Waals surface area contributed by atoms with E-state index in [1.807, 2.05) is 23.6 Å². The molecule has 0 spiro atoms. The summed E-state index contributed by atoms with van der Waals surface area (Å²) in [6, 6.07) is 0.290. The van der Waals surface area contributed by atoms with E-state index in [2.05, 4.69) is 23.8 Å². The number of nitrogens with zero attached hydrogens (tertiary/aromatic N) is 2. The molecular formula is C17H33IN4O2S. The van der Waals surface area contributed by atoms with Crippen molar-refractivity contribution in [1.29, 1.82) is 0 Å². The van der Waals surface area contributed by atoms with E-state index < -0.39 is 0 Å². The smallest absolute Gasteiger partial charge is 0.222 e. The van der Waals surface area contributed by atoms with Crippen molar-refractivity contribution < 1.29 is 9.53 Å². The molecule has 2 fully saturated rings. The predicted octanol–water partition coefficient (Wildman–Crippen LogP) is 2.08. The molecular weight excluding hydrogens is 451 g/mol. The average Bonchev–Trinajstić information content (AvgIpc) is 3.08. The molecule has 0 radical (unpaired) electrons. The van der Waals surface area contributed by atoms with Gasteiger partial charge in [-0.05, 0) is 32.4 Å². The zero-order chi connectivity index (χ0) is 17.4. The molecule has 0 aromatic rings. The molecule has 25 heavy (non-hydrogen) atoms. The second-order valence-corrected chi connectivity index (χ2v) is 7.79. The van der Waals surface area contributed by atoms with E-state index in [0.29, 0.717) is 12.5 Å². The van der Waals surface area contributed by atoms with Gasteiger partial charge in [0.05, 0.1) is 6.54 Å². The molecule has 6 nitrogen and oxygen atoms in total. The maximum Gasteiger partial charge on any atom is 0.222 e. The highest BCUT2D eigenvalue weighted by Crippen LogP contribution is 2.33. The highest BCUT2D eigenvalue weighted by Gasteiger charge is 2.32. The van der Waals surface area contributed by atoms with E-state index in [9.17, 15) is 4.79 Å². The number of guanidine groups is 1. The second-order valence-electron chi connectivity index (χ2n) is 6.52. The number of ether oxygens (including phenoxy) is 1. The first kappa shape index (κ1) is 22.8. The molecule has 2 rings (SSSR count). The number of amides is 1. The first-order chi connectivity index (χ1) is 11.6. The Balaban J connectivity index is 0.00000312. The standard InChI is InChI=1S/C17H32N4O2S.HI/c1-4-15(22)21-9-6-14(12-21)20-16(18-5-2)19-13-17(24-3)7-10-23-11-8-17;/h14H,4-13H2,1-3H3,(H2,18,19,20);1H. The third kappa shape index (κ3) is 6.78. The molecule has 0 aromatic carbocycles. The van der Waals surface area contributed by atoms with Crippen molar-refractivity contribution in [3.8, 4) is 0 Å². The van der Waals surface area contributed by atoms with Crippen LogP contribution in [0.2, 0.25) is 0 Å². The number of likely N-dealkylation sites (tertiary alicyclic amines) is 1. The summed E-state index contributed by atoms with van der Waals surface area (Å²) in [6.45, 7) is 8.92. The lowest BCUT2D eigenvalue weighted by Gasteiger charge is -2.34. The number of carbonyl (C=O) groups excluding carboxylic acids is 1. The molecule has 0 aromatic heterocycles. The first-order valence-corrected chi connectivity index (χ1v) is 10.3. The molecule has 2 aliphatic heterocycles. The van der Waals surface area contributed by atoms with Gasteiger partial charge in [0.2, 0.25) is 5.91 Å². The van der Waals surface area contributed by atoms with Crippen LogP contribution < -0.4 is 10.6 Å². The summed E-state index contributed by atoms with van der Waals surface area (Å²) in [6.07, 6.45) is 5.85. The van der Waals surface area contributed by atoms with Gasteiger partial charge < -0.3 is 20.3 Å². The van der Waals surface area contributed by atoms with Gasteiger partial charge in [0.25, 0.3) is 0 Å². The Bertz CT molecular complexity index is 444. The molecule has 0 bridgehead atoms. The van der Waals surface area contributed by atoms with E-state index in [1.165, 1.54) is 0 Å². The zero-order valence-corrected chi connectivity index (χ0v) is 18.8. The number of hydrogen-bond acceptors (Lipinski definition) is 4. The maximum absolute atomic E-state index is 11.8. The Morgan fingerprint density at radius 1 is 1.36 bits per heavy atom. The van der Waals surface area contributed by atoms with Crippen LogP contribution in [0.3, 0.4) is 0 Å². The minimum atomic E-state index is 0. The summed E-state index contributed by atoms with van der Waals surface area (Å²) in [5.74, 6) is 1.11. The van der Waals surface area contributed by atoms with Gasteiger partial charge in [0.15, 0.2) is 5.96 Å². The van der Waals surface area contributed by atoms with Gasteiger partial charge in [-0.3, -0.25) is 9.79 Å². The van der Waals surface area contributed by atoms with E-state index in [4.69, 9.17) is 9.73 Å². The summed E-state index contributed by atoms with van der Waals surface area (Å²) in [5.41, 5.74) is 0. The molecule has 1 atom stereocenters. The van der Waals surface area contributed by atoms with E-state index >= 15 is 0 Å². The second kappa shape index (κ2) is 11.5. The van der Waals surface area contributed by atoms with Gasteiger partial charge in [0.1, 0.15) is 0 Å². The fourth-order valence-electron chi connectivity index (χ4n) is 3.23. The number of halogens is 1. The predicted molar refractivity (Wildman–Crippen MR) is 116 cm³/mol. The Kier molecular flexibility index (Phi) is 10.5. The average molecular weight is 484 g/mol. The molecule has 2 N–H and O–H groups in total. The molecule has 2 heterocycles. The van der Waals surface area contributed by atoms with Crippen LogP contribution in [0, 0.1) is 0 Å². The van der Waals surface area contributed by atoms with Crippen molar-refractivity contribution in [2.45, 2.75) is 50.3 Å². The van der Waals surface area contributed by atoms with Crippen molar-refractivity contribution in [3.05, 3.63) is 0 Å². The first-order valence-electron chi connectivity index (χ1n) is 9.08. The number of nitrogens with one attached hydrogen (secondary N) is 2. The molecule has 0 saturated carbocycles.